The van der Waals surface area contributed by atoms with E-state index in [1.165, 1.54) is 0 Å². The van der Waals surface area contributed by atoms with E-state index in [9.17, 15) is 5.11 Å². The van der Waals surface area contributed by atoms with Crippen molar-refractivity contribution < 1.29 is 9.84 Å². The van der Waals surface area contributed by atoms with Crippen LogP contribution >= 0.6 is 0 Å². The van der Waals surface area contributed by atoms with Gasteiger partial charge in [0.05, 0.1) is 36.4 Å². The Bertz CT molecular complexity index is 364. The van der Waals surface area contributed by atoms with Gasteiger partial charge in [-0.15, -0.1) is 0 Å². The van der Waals surface area contributed by atoms with E-state index in [0.717, 1.165) is 18.8 Å². The third-order valence-electron chi connectivity index (χ3n) is 3.14. The summed E-state index contributed by atoms with van der Waals surface area (Å²) < 4.78 is 5.60. The second-order valence-electron chi connectivity index (χ2n) is 4.76. The average Bonchev–Trinajstić information content (AvgIpc) is 2.32. The predicted molar refractivity (Wildman–Crippen MR) is 67.1 cm³/mol. The third-order valence-corrected chi connectivity index (χ3v) is 3.14. The molecule has 1 saturated heterocycles. The van der Waals surface area contributed by atoms with E-state index in [4.69, 9.17) is 4.74 Å². The Morgan fingerprint density at radius 1 is 1.47 bits per heavy atom. The molecule has 1 aliphatic heterocycles. The minimum absolute atomic E-state index is 0.252. The van der Waals surface area contributed by atoms with Crippen LogP contribution in [0.2, 0.25) is 0 Å². The number of nitrogens with zero attached hydrogens (tertiary/aromatic N) is 2. The second kappa shape index (κ2) is 5.02. The molecule has 4 heteroatoms. The van der Waals surface area contributed by atoms with Gasteiger partial charge in [0, 0.05) is 12.6 Å². The van der Waals surface area contributed by atoms with Gasteiger partial charge in [-0.25, -0.2) is 0 Å². The van der Waals surface area contributed by atoms with E-state index < -0.39 is 6.10 Å². The number of aromatic nitrogens is 1. The fourth-order valence-corrected chi connectivity index (χ4v) is 2.08. The molecule has 0 aromatic carbocycles. The molecule has 2 rings (SSSR count). The molecule has 0 radical (unpaired) electrons. The monoisotopic (exact) mass is 236 g/mol. The summed E-state index contributed by atoms with van der Waals surface area (Å²) in [6.07, 6.45) is 1.57. The van der Waals surface area contributed by atoms with Gasteiger partial charge in [0.25, 0.3) is 0 Å². The van der Waals surface area contributed by atoms with E-state index >= 15 is 0 Å². The van der Waals surface area contributed by atoms with Crippen molar-refractivity contribution in [2.75, 3.05) is 18.1 Å². The molecule has 4 nitrogen and oxygen atoms in total. The number of anilines is 1. The van der Waals surface area contributed by atoms with E-state index in [2.05, 4.69) is 23.7 Å². The van der Waals surface area contributed by atoms with Crippen molar-refractivity contribution >= 4 is 5.69 Å². The third kappa shape index (κ3) is 2.76. The van der Waals surface area contributed by atoms with E-state index in [0.29, 0.717) is 11.7 Å². The Morgan fingerprint density at radius 3 is 2.82 bits per heavy atom. The van der Waals surface area contributed by atoms with E-state index in [-0.39, 0.29) is 6.10 Å². The summed E-state index contributed by atoms with van der Waals surface area (Å²) in [6, 6.07) is 4.27. The molecule has 1 aromatic rings. The molecule has 3 atom stereocenters. The predicted octanol–water partition coefficient (Wildman–Crippen LogP) is 1.75. The van der Waals surface area contributed by atoms with Gasteiger partial charge in [-0.05, 0) is 32.9 Å². The minimum atomic E-state index is -0.509. The lowest BCUT2D eigenvalue weighted by Gasteiger charge is -2.38. The Hall–Kier alpha value is -1.13. The first-order valence-corrected chi connectivity index (χ1v) is 6.10. The van der Waals surface area contributed by atoms with Crippen molar-refractivity contribution in [2.24, 2.45) is 0 Å². The maximum atomic E-state index is 9.42. The zero-order chi connectivity index (χ0) is 12.4. The summed E-state index contributed by atoms with van der Waals surface area (Å²) in [7, 11) is 0. The zero-order valence-corrected chi connectivity index (χ0v) is 10.6. The molecule has 0 bridgehead atoms. The summed E-state index contributed by atoms with van der Waals surface area (Å²) >= 11 is 0. The minimum Gasteiger partial charge on any atom is -0.387 e. The molecule has 1 aromatic heterocycles. The van der Waals surface area contributed by atoms with Crippen molar-refractivity contribution in [1.29, 1.82) is 0 Å². The topological polar surface area (TPSA) is 45.6 Å². The first-order valence-electron chi connectivity index (χ1n) is 6.10. The number of aliphatic hydroxyl groups excluding tert-OH is 1. The van der Waals surface area contributed by atoms with Crippen molar-refractivity contribution in [3.05, 3.63) is 24.0 Å². The number of rotatable bonds is 2. The van der Waals surface area contributed by atoms with Crippen molar-refractivity contribution in [3.8, 4) is 0 Å². The number of ether oxygens (including phenoxy) is 1. The number of hydrogen-bond acceptors (Lipinski definition) is 4. The Balaban J connectivity index is 2.15. The lowest BCUT2D eigenvalue weighted by Crippen LogP contribution is -2.47. The van der Waals surface area contributed by atoms with Crippen molar-refractivity contribution in [3.63, 3.8) is 0 Å². The molecule has 94 valence electrons. The normalized spacial score (nSPS) is 26.9. The molecule has 0 saturated carbocycles. The molecule has 17 heavy (non-hydrogen) atoms. The second-order valence-corrected chi connectivity index (χ2v) is 4.76. The van der Waals surface area contributed by atoms with Crippen LogP contribution < -0.4 is 4.90 Å². The highest BCUT2D eigenvalue weighted by Crippen LogP contribution is 2.22. The first kappa shape index (κ1) is 12.3. The van der Waals surface area contributed by atoms with Crippen LogP contribution in [0.1, 0.15) is 32.6 Å². The maximum Gasteiger partial charge on any atom is 0.0931 e. The Kier molecular flexibility index (Phi) is 3.64. The van der Waals surface area contributed by atoms with Crippen LogP contribution in [0.25, 0.3) is 0 Å². The average molecular weight is 236 g/mol. The summed E-state index contributed by atoms with van der Waals surface area (Å²) in [5, 5.41) is 9.42. The van der Waals surface area contributed by atoms with Crippen LogP contribution in [-0.4, -0.2) is 35.4 Å². The van der Waals surface area contributed by atoms with Gasteiger partial charge >= 0.3 is 0 Å². The standard InChI is InChI=1S/C13H20N2O2/c1-9-8-17-10(2)7-15(9)12-4-5-13(11(3)16)14-6-12/h4-6,9-11,16H,7-8H2,1-3H3/t9?,10?,11-/m1/s1. The molecule has 0 aliphatic carbocycles. The van der Waals surface area contributed by atoms with Crippen LogP contribution in [0.15, 0.2) is 18.3 Å². The first-order chi connectivity index (χ1) is 8.08. The highest BCUT2D eigenvalue weighted by atomic mass is 16.5. The molecular weight excluding hydrogens is 216 g/mol. The largest absolute Gasteiger partial charge is 0.387 e. The summed E-state index contributed by atoms with van der Waals surface area (Å²) in [5.74, 6) is 0. The highest BCUT2D eigenvalue weighted by Gasteiger charge is 2.23. The lowest BCUT2D eigenvalue weighted by molar-refractivity contribution is 0.0343. The van der Waals surface area contributed by atoms with Crippen LogP contribution in [0.3, 0.4) is 0 Å². The van der Waals surface area contributed by atoms with Crippen LogP contribution in [0.4, 0.5) is 5.69 Å². The number of hydrogen-bond donors (Lipinski definition) is 1. The molecule has 2 unspecified atom stereocenters. The molecular formula is C13H20N2O2. The van der Waals surface area contributed by atoms with E-state index in [1.807, 2.05) is 18.3 Å². The number of pyridine rings is 1. The van der Waals surface area contributed by atoms with Gasteiger partial charge in [-0.2, -0.15) is 0 Å². The van der Waals surface area contributed by atoms with Gasteiger partial charge in [0.15, 0.2) is 0 Å². The molecule has 1 N–H and O–H groups in total. The molecule has 0 amide bonds. The van der Waals surface area contributed by atoms with Gasteiger partial charge in [0.2, 0.25) is 0 Å². The van der Waals surface area contributed by atoms with Crippen molar-refractivity contribution in [1.82, 2.24) is 4.98 Å². The van der Waals surface area contributed by atoms with E-state index in [1.54, 1.807) is 6.92 Å². The fraction of sp³-hybridized carbons (Fsp3) is 0.615. The zero-order valence-electron chi connectivity index (χ0n) is 10.6. The van der Waals surface area contributed by atoms with Crippen LogP contribution in [0.5, 0.6) is 0 Å². The summed E-state index contributed by atoms with van der Waals surface area (Å²) in [6.45, 7) is 7.59. The Morgan fingerprint density at radius 2 is 2.24 bits per heavy atom. The quantitative estimate of drug-likeness (QED) is 0.849. The van der Waals surface area contributed by atoms with Crippen molar-refractivity contribution in [2.45, 2.75) is 39.0 Å². The number of morpholine rings is 1. The molecule has 1 fully saturated rings. The summed E-state index contributed by atoms with van der Waals surface area (Å²) in [4.78, 5) is 6.58. The fourth-order valence-electron chi connectivity index (χ4n) is 2.08. The Labute approximate surface area is 102 Å². The lowest BCUT2D eigenvalue weighted by atomic mass is 10.1. The van der Waals surface area contributed by atoms with Gasteiger partial charge in [0.1, 0.15) is 0 Å². The molecule has 2 heterocycles. The summed E-state index contributed by atoms with van der Waals surface area (Å²) in [5.41, 5.74) is 1.81. The van der Waals surface area contributed by atoms with Crippen LogP contribution in [-0.2, 0) is 4.74 Å². The maximum absolute atomic E-state index is 9.42. The molecule has 1 aliphatic rings. The highest BCUT2D eigenvalue weighted by molar-refractivity contribution is 5.46. The van der Waals surface area contributed by atoms with Gasteiger partial charge in [-0.3, -0.25) is 4.98 Å². The van der Waals surface area contributed by atoms with Gasteiger partial charge < -0.3 is 14.7 Å². The smallest absolute Gasteiger partial charge is 0.0931 e. The number of aliphatic hydroxyl groups is 1. The van der Waals surface area contributed by atoms with Crippen LogP contribution in [0, 0.1) is 0 Å². The molecule has 0 spiro atoms. The SMILES string of the molecule is CC1CN(c2ccc([C@@H](C)O)nc2)C(C)CO1. The van der Waals surface area contributed by atoms with Gasteiger partial charge in [-0.1, -0.05) is 0 Å².